The molecule has 0 aromatic carbocycles. The Morgan fingerprint density at radius 3 is 2.79 bits per heavy atom. The van der Waals surface area contributed by atoms with Gasteiger partial charge in [-0.2, -0.15) is 0 Å². The van der Waals surface area contributed by atoms with E-state index in [2.05, 4.69) is 22.0 Å². The maximum atomic E-state index is 11.0. The van der Waals surface area contributed by atoms with Crippen molar-refractivity contribution in [2.24, 2.45) is 0 Å². The highest BCUT2D eigenvalue weighted by Gasteiger charge is 1.95. The van der Waals surface area contributed by atoms with Crippen LogP contribution < -0.4 is 11.1 Å². The Labute approximate surface area is 77.6 Å². The molecule has 0 saturated heterocycles. The van der Waals surface area contributed by atoms with Crippen molar-refractivity contribution < 1.29 is 9.90 Å². The van der Waals surface area contributed by atoms with Gasteiger partial charge in [-0.3, -0.25) is 24.6 Å². The van der Waals surface area contributed by atoms with Crippen LogP contribution in [0.3, 0.4) is 0 Å². The summed E-state index contributed by atoms with van der Waals surface area (Å²) < 4.78 is 0. The number of carbonyl (C=O) groups is 1. The van der Waals surface area contributed by atoms with Crippen molar-refractivity contribution in [1.82, 2.24) is 10.2 Å². The van der Waals surface area contributed by atoms with Gasteiger partial charge in [-0.15, -0.1) is 0 Å². The lowest BCUT2D eigenvalue weighted by Crippen LogP contribution is -2.20. The van der Waals surface area contributed by atoms with Gasteiger partial charge in [0.1, 0.15) is 6.42 Å². The molecule has 0 bridgehead atoms. The second kappa shape index (κ2) is 4.09. The average Bonchev–Trinajstić information content (AvgIpc) is 2.10. The topological polar surface area (TPSA) is 103 Å². The fourth-order valence-corrected chi connectivity index (χ4v) is 0.726. The number of carboxylic acid groups (broad SMARTS) is 1. The van der Waals surface area contributed by atoms with Gasteiger partial charge in [-0.1, -0.05) is 11.8 Å². The summed E-state index contributed by atoms with van der Waals surface area (Å²) in [5.41, 5.74) is -1.10. The van der Waals surface area contributed by atoms with Gasteiger partial charge in [0.2, 0.25) is 0 Å². The van der Waals surface area contributed by atoms with E-state index in [9.17, 15) is 14.4 Å². The second-order valence-corrected chi connectivity index (χ2v) is 2.37. The van der Waals surface area contributed by atoms with Crippen molar-refractivity contribution in [2.75, 3.05) is 0 Å². The third-order valence-corrected chi connectivity index (χ3v) is 1.28. The number of hydrogen-bond acceptors (Lipinski definition) is 3. The zero-order valence-electron chi connectivity index (χ0n) is 6.96. The number of hydrogen-bond donors (Lipinski definition) is 3. The summed E-state index contributed by atoms with van der Waals surface area (Å²) in [6, 6.07) is 1.01. The Bertz CT molecular complexity index is 514. The van der Waals surface area contributed by atoms with Gasteiger partial charge < -0.3 is 5.11 Å². The van der Waals surface area contributed by atoms with Gasteiger partial charge in [0.05, 0.1) is 5.56 Å². The molecule has 0 saturated carbocycles. The van der Waals surface area contributed by atoms with Crippen LogP contribution in [0.25, 0.3) is 0 Å². The molecular formula is C8H6N2O4. The molecule has 0 spiro atoms. The maximum Gasteiger partial charge on any atom is 0.315 e. The molecule has 0 fully saturated rings. The number of aromatic nitrogens is 2. The van der Waals surface area contributed by atoms with Crippen LogP contribution in [-0.4, -0.2) is 21.3 Å². The van der Waals surface area contributed by atoms with Crippen LogP contribution in [0.15, 0.2) is 15.7 Å². The molecule has 0 atom stereocenters. The third-order valence-electron chi connectivity index (χ3n) is 1.28. The molecule has 1 heterocycles. The van der Waals surface area contributed by atoms with Crippen LogP contribution in [0.5, 0.6) is 0 Å². The van der Waals surface area contributed by atoms with E-state index < -0.39 is 17.1 Å². The fraction of sp³-hybridized carbons (Fsp3) is 0.125. The number of aliphatic carboxylic acids is 1. The van der Waals surface area contributed by atoms with Gasteiger partial charge >= 0.3 is 5.97 Å². The molecule has 0 aliphatic carbocycles. The molecule has 6 nitrogen and oxygen atoms in total. The van der Waals surface area contributed by atoms with E-state index in [1.165, 1.54) is 0 Å². The van der Waals surface area contributed by atoms with Gasteiger partial charge in [0, 0.05) is 6.07 Å². The van der Waals surface area contributed by atoms with Crippen LogP contribution >= 0.6 is 0 Å². The SMILES string of the molecule is O=C(O)CC#Cc1cc(=O)[nH][nH]c1=O. The lowest BCUT2D eigenvalue weighted by molar-refractivity contribution is -0.135. The normalized spacial score (nSPS) is 8.86. The molecule has 1 rings (SSSR count). The van der Waals surface area contributed by atoms with Crippen molar-refractivity contribution in [3.05, 3.63) is 32.3 Å². The summed E-state index contributed by atoms with van der Waals surface area (Å²) in [5.74, 6) is 3.45. The first-order chi connectivity index (χ1) is 6.59. The first kappa shape index (κ1) is 9.80. The number of H-pyrrole nitrogens is 2. The summed E-state index contributed by atoms with van der Waals surface area (Å²) in [4.78, 5) is 31.8. The molecule has 3 N–H and O–H groups in total. The minimum atomic E-state index is -1.08. The third kappa shape index (κ3) is 2.64. The van der Waals surface area contributed by atoms with Crippen molar-refractivity contribution in [3.63, 3.8) is 0 Å². The lowest BCUT2D eigenvalue weighted by atomic mass is 10.3. The highest BCUT2D eigenvalue weighted by atomic mass is 16.4. The van der Waals surface area contributed by atoms with Gasteiger partial charge in [0.15, 0.2) is 0 Å². The molecule has 0 unspecified atom stereocenters. The summed E-state index contributed by atoms with van der Waals surface area (Å²) in [5, 5.41) is 12.4. The molecule has 6 heteroatoms. The molecule has 0 aliphatic rings. The van der Waals surface area contributed by atoms with Gasteiger partial charge in [-0.25, -0.2) is 0 Å². The van der Waals surface area contributed by atoms with Gasteiger partial charge in [0.25, 0.3) is 11.1 Å². The van der Waals surface area contributed by atoms with Crippen LogP contribution in [0.4, 0.5) is 0 Å². The molecular weight excluding hydrogens is 188 g/mol. The summed E-state index contributed by atoms with van der Waals surface area (Å²) in [7, 11) is 0. The Balaban J connectivity index is 3.00. The van der Waals surface area contributed by atoms with Crippen LogP contribution in [0.2, 0.25) is 0 Å². The monoisotopic (exact) mass is 194 g/mol. The smallest absolute Gasteiger partial charge is 0.315 e. The Morgan fingerprint density at radius 2 is 2.14 bits per heavy atom. The maximum absolute atomic E-state index is 11.0. The van der Waals surface area contributed by atoms with Crippen LogP contribution in [0.1, 0.15) is 12.0 Å². The highest BCUT2D eigenvalue weighted by Crippen LogP contribution is 1.80. The van der Waals surface area contributed by atoms with E-state index in [4.69, 9.17) is 5.11 Å². The molecule has 72 valence electrons. The lowest BCUT2D eigenvalue weighted by Gasteiger charge is -1.86. The molecule has 0 radical (unpaired) electrons. The first-order valence-corrected chi connectivity index (χ1v) is 3.62. The van der Waals surface area contributed by atoms with Crippen LogP contribution in [-0.2, 0) is 4.79 Å². The van der Waals surface area contributed by atoms with E-state index in [-0.39, 0.29) is 12.0 Å². The average molecular weight is 194 g/mol. The minimum Gasteiger partial charge on any atom is -0.481 e. The fourth-order valence-electron chi connectivity index (χ4n) is 0.726. The summed E-state index contributed by atoms with van der Waals surface area (Å²) >= 11 is 0. The van der Waals surface area contributed by atoms with Crippen molar-refractivity contribution >= 4 is 5.97 Å². The zero-order chi connectivity index (χ0) is 10.6. The van der Waals surface area contributed by atoms with Crippen LogP contribution in [0, 0.1) is 11.8 Å². The standard InChI is InChI=1S/C8H6N2O4/c11-6-4-5(8(14)10-9-6)2-1-3-7(12)13/h4H,3H2,(H,9,11)(H,10,14)(H,12,13). The number of rotatable bonds is 1. The second-order valence-electron chi connectivity index (χ2n) is 2.37. The largest absolute Gasteiger partial charge is 0.481 e. The molecule has 1 aromatic rings. The number of carboxylic acids is 1. The molecule has 1 aromatic heterocycles. The molecule has 0 aliphatic heterocycles. The summed E-state index contributed by atoms with van der Waals surface area (Å²) in [6.07, 6.45) is -0.369. The van der Waals surface area contributed by atoms with Crippen molar-refractivity contribution in [3.8, 4) is 11.8 Å². The van der Waals surface area contributed by atoms with E-state index in [0.29, 0.717) is 0 Å². The first-order valence-electron chi connectivity index (χ1n) is 3.62. The van der Waals surface area contributed by atoms with Crippen molar-refractivity contribution in [1.29, 1.82) is 0 Å². The van der Waals surface area contributed by atoms with Gasteiger partial charge in [-0.05, 0) is 0 Å². The quantitative estimate of drug-likeness (QED) is 0.493. The van der Waals surface area contributed by atoms with E-state index in [1.807, 2.05) is 0 Å². The molecule has 0 amide bonds. The van der Waals surface area contributed by atoms with E-state index >= 15 is 0 Å². The number of aromatic amines is 2. The predicted molar refractivity (Wildman–Crippen MR) is 46.8 cm³/mol. The number of nitrogens with one attached hydrogen (secondary N) is 2. The predicted octanol–water partition coefficient (Wildman–Crippen LogP) is -1.11. The molecule has 14 heavy (non-hydrogen) atoms. The van der Waals surface area contributed by atoms with E-state index in [0.717, 1.165) is 6.07 Å². The highest BCUT2D eigenvalue weighted by molar-refractivity contribution is 5.70. The zero-order valence-corrected chi connectivity index (χ0v) is 6.96. The van der Waals surface area contributed by atoms with Crippen molar-refractivity contribution in [2.45, 2.75) is 6.42 Å². The summed E-state index contributed by atoms with van der Waals surface area (Å²) in [6.45, 7) is 0. The minimum absolute atomic E-state index is 0.0463. The Morgan fingerprint density at radius 1 is 1.43 bits per heavy atom. The Kier molecular flexibility index (Phi) is 2.86. The van der Waals surface area contributed by atoms with E-state index in [1.54, 1.807) is 0 Å². The Hall–Kier alpha value is -2.29.